The average molecular weight is 336 g/mol. The Morgan fingerprint density at radius 3 is 2.56 bits per heavy atom. The largest absolute Gasteiger partial charge is 0.497 e. The van der Waals surface area contributed by atoms with E-state index in [-0.39, 0.29) is 12.1 Å². The van der Waals surface area contributed by atoms with Crippen molar-refractivity contribution >= 4 is 5.95 Å². The van der Waals surface area contributed by atoms with E-state index in [1.54, 1.807) is 20.5 Å². The Morgan fingerprint density at radius 1 is 1.00 bits per heavy atom. The van der Waals surface area contributed by atoms with Gasteiger partial charge in [-0.3, -0.25) is 0 Å². The van der Waals surface area contributed by atoms with Crippen molar-refractivity contribution in [1.82, 2.24) is 14.8 Å². The van der Waals surface area contributed by atoms with Crippen LogP contribution in [0.25, 0.3) is 0 Å². The molecule has 4 rings (SSSR count). The summed E-state index contributed by atoms with van der Waals surface area (Å²) in [7, 11) is 3.36. The van der Waals surface area contributed by atoms with E-state index in [0.717, 1.165) is 29.4 Å². The molecular weight excluding hydrogens is 316 g/mol. The van der Waals surface area contributed by atoms with Gasteiger partial charge in [-0.25, -0.2) is 4.68 Å². The first kappa shape index (κ1) is 15.5. The summed E-state index contributed by atoms with van der Waals surface area (Å²) >= 11 is 0. The highest BCUT2D eigenvalue weighted by molar-refractivity contribution is 5.40. The van der Waals surface area contributed by atoms with Crippen LogP contribution in [0.3, 0.4) is 0 Å². The van der Waals surface area contributed by atoms with E-state index < -0.39 is 0 Å². The van der Waals surface area contributed by atoms with E-state index >= 15 is 0 Å². The van der Waals surface area contributed by atoms with Crippen LogP contribution in [0, 0.1) is 0 Å². The van der Waals surface area contributed by atoms with Gasteiger partial charge in [0.15, 0.2) is 0 Å². The highest BCUT2D eigenvalue weighted by Crippen LogP contribution is 2.38. The van der Waals surface area contributed by atoms with E-state index in [9.17, 15) is 0 Å². The quantitative estimate of drug-likeness (QED) is 0.791. The SMILES string of the molecule is COc1ccc([C@@H]2C[C@H](c3cccc(OC)c3)n3ncnc3N2)cc1. The first-order valence-electron chi connectivity index (χ1n) is 8.22. The Labute approximate surface area is 146 Å². The van der Waals surface area contributed by atoms with Crippen LogP contribution in [0.2, 0.25) is 0 Å². The number of hydrogen-bond acceptors (Lipinski definition) is 5. The predicted molar refractivity (Wildman–Crippen MR) is 95.1 cm³/mol. The predicted octanol–water partition coefficient (Wildman–Crippen LogP) is 3.44. The molecule has 0 aliphatic carbocycles. The topological polar surface area (TPSA) is 61.2 Å². The number of methoxy groups -OCH3 is 2. The van der Waals surface area contributed by atoms with Crippen molar-refractivity contribution in [2.24, 2.45) is 0 Å². The maximum atomic E-state index is 5.38. The van der Waals surface area contributed by atoms with Gasteiger partial charge < -0.3 is 14.8 Å². The van der Waals surface area contributed by atoms with Gasteiger partial charge in [0.1, 0.15) is 17.8 Å². The summed E-state index contributed by atoms with van der Waals surface area (Å²) in [6.45, 7) is 0. The monoisotopic (exact) mass is 336 g/mol. The standard InChI is InChI=1S/C19H20N4O2/c1-24-15-8-6-13(7-9-15)17-11-18(23-19(22-17)20-12-21-23)14-4-3-5-16(10-14)25-2/h3-10,12,17-18H,11H2,1-2H3,(H,20,21,22)/t17-,18+/m0/s1. The van der Waals surface area contributed by atoms with Gasteiger partial charge in [-0.05, 0) is 41.8 Å². The number of anilines is 1. The number of rotatable bonds is 4. The Kier molecular flexibility index (Phi) is 4.01. The van der Waals surface area contributed by atoms with E-state index in [2.05, 4.69) is 39.7 Å². The molecule has 1 aliphatic rings. The molecule has 2 aromatic carbocycles. The molecule has 0 bridgehead atoms. The van der Waals surface area contributed by atoms with Gasteiger partial charge in [-0.2, -0.15) is 10.1 Å². The Balaban J connectivity index is 1.69. The van der Waals surface area contributed by atoms with Gasteiger partial charge in [0, 0.05) is 0 Å². The smallest absolute Gasteiger partial charge is 0.222 e. The van der Waals surface area contributed by atoms with Crippen LogP contribution in [0.1, 0.15) is 29.6 Å². The van der Waals surface area contributed by atoms with E-state index in [0.29, 0.717) is 0 Å². The van der Waals surface area contributed by atoms with E-state index in [1.807, 2.05) is 28.9 Å². The van der Waals surface area contributed by atoms with Gasteiger partial charge in [0.05, 0.1) is 26.3 Å². The highest BCUT2D eigenvalue weighted by Gasteiger charge is 2.30. The van der Waals surface area contributed by atoms with E-state index in [4.69, 9.17) is 9.47 Å². The molecule has 0 spiro atoms. The zero-order chi connectivity index (χ0) is 17.2. The molecule has 6 nitrogen and oxygen atoms in total. The van der Waals surface area contributed by atoms with Crippen molar-refractivity contribution < 1.29 is 9.47 Å². The number of hydrogen-bond donors (Lipinski definition) is 1. The summed E-state index contributed by atoms with van der Waals surface area (Å²) in [5.74, 6) is 2.48. The minimum absolute atomic E-state index is 0.0981. The van der Waals surface area contributed by atoms with Crippen LogP contribution in [-0.2, 0) is 0 Å². The molecule has 2 atom stereocenters. The molecule has 0 saturated heterocycles. The van der Waals surface area contributed by atoms with Gasteiger partial charge in [-0.1, -0.05) is 24.3 Å². The fourth-order valence-electron chi connectivity index (χ4n) is 3.30. The number of aromatic nitrogens is 3. The van der Waals surface area contributed by atoms with Gasteiger partial charge >= 0.3 is 0 Å². The molecule has 6 heteroatoms. The molecule has 128 valence electrons. The summed E-state index contributed by atoms with van der Waals surface area (Å²) < 4.78 is 12.6. The maximum absolute atomic E-state index is 5.38. The third-order valence-electron chi connectivity index (χ3n) is 4.63. The zero-order valence-corrected chi connectivity index (χ0v) is 14.2. The lowest BCUT2D eigenvalue weighted by atomic mass is 9.93. The van der Waals surface area contributed by atoms with Gasteiger partial charge in [0.25, 0.3) is 0 Å². The molecule has 0 saturated carbocycles. The van der Waals surface area contributed by atoms with Crippen molar-refractivity contribution in [2.45, 2.75) is 18.5 Å². The number of benzene rings is 2. The summed E-state index contributed by atoms with van der Waals surface area (Å²) in [6, 6.07) is 16.5. The average Bonchev–Trinajstić information content (AvgIpc) is 3.16. The Hall–Kier alpha value is -3.02. The molecule has 1 N–H and O–H groups in total. The van der Waals surface area contributed by atoms with Crippen molar-refractivity contribution in [3.8, 4) is 11.5 Å². The third-order valence-corrected chi connectivity index (χ3v) is 4.63. The summed E-state index contributed by atoms with van der Waals surface area (Å²) in [5, 5.41) is 7.88. The minimum Gasteiger partial charge on any atom is -0.497 e. The fourth-order valence-corrected chi connectivity index (χ4v) is 3.30. The minimum atomic E-state index is 0.0981. The number of fused-ring (bicyclic) bond motifs is 1. The second-order valence-electron chi connectivity index (χ2n) is 6.03. The molecule has 0 amide bonds. The van der Waals surface area contributed by atoms with Crippen LogP contribution >= 0.6 is 0 Å². The first-order valence-corrected chi connectivity index (χ1v) is 8.22. The molecule has 0 fully saturated rings. The van der Waals surface area contributed by atoms with Crippen LogP contribution in [0.15, 0.2) is 54.9 Å². The third kappa shape index (κ3) is 2.91. The first-order chi connectivity index (χ1) is 12.3. The number of ether oxygens (including phenoxy) is 2. The summed E-state index contributed by atoms with van der Waals surface area (Å²) in [6.07, 6.45) is 2.46. The summed E-state index contributed by atoms with van der Waals surface area (Å²) in [4.78, 5) is 4.37. The normalized spacial score (nSPS) is 19.0. The molecule has 3 aromatic rings. The van der Waals surface area contributed by atoms with Crippen LogP contribution in [0.5, 0.6) is 11.5 Å². The van der Waals surface area contributed by atoms with Crippen molar-refractivity contribution in [3.63, 3.8) is 0 Å². The lowest BCUT2D eigenvalue weighted by molar-refractivity contribution is 0.405. The number of nitrogens with zero attached hydrogens (tertiary/aromatic N) is 3. The molecule has 1 aliphatic heterocycles. The molecule has 25 heavy (non-hydrogen) atoms. The second-order valence-corrected chi connectivity index (χ2v) is 6.03. The fraction of sp³-hybridized carbons (Fsp3) is 0.263. The lowest BCUT2D eigenvalue weighted by Gasteiger charge is -2.32. The number of nitrogens with one attached hydrogen (secondary N) is 1. The molecule has 2 heterocycles. The van der Waals surface area contributed by atoms with Crippen LogP contribution in [0.4, 0.5) is 5.95 Å². The van der Waals surface area contributed by atoms with Crippen molar-refractivity contribution in [1.29, 1.82) is 0 Å². The molecule has 0 radical (unpaired) electrons. The lowest BCUT2D eigenvalue weighted by Crippen LogP contribution is -2.28. The van der Waals surface area contributed by atoms with Crippen molar-refractivity contribution in [2.75, 3.05) is 19.5 Å². The molecule has 1 aromatic heterocycles. The summed E-state index contributed by atoms with van der Waals surface area (Å²) in [5.41, 5.74) is 2.36. The molecular formula is C19H20N4O2. The van der Waals surface area contributed by atoms with Gasteiger partial charge in [0.2, 0.25) is 5.95 Å². The Bertz CT molecular complexity index is 860. The second kappa shape index (κ2) is 6.47. The maximum Gasteiger partial charge on any atom is 0.222 e. The Morgan fingerprint density at radius 2 is 1.80 bits per heavy atom. The van der Waals surface area contributed by atoms with Crippen LogP contribution in [-0.4, -0.2) is 29.0 Å². The van der Waals surface area contributed by atoms with Crippen LogP contribution < -0.4 is 14.8 Å². The van der Waals surface area contributed by atoms with E-state index in [1.165, 1.54) is 5.56 Å². The highest BCUT2D eigenvalue weighted by atomic mass is 16.5. The van der Waals surface area contributed by atoms with Crippen molar-refractivity contribution in [3.05, 3.63) is 66.0 Å². The molecule has 0 unspecified atom stereocenters. The van der Waals surface area contributed by atoms with Gasteiger partial charge in [-0.15, -0.1) is 0 Å². The zero-order valence-electron chi connectivity index (χ0n) is 14.2.